The summed E-state index contributed by atoms with van der Waals surface area (Å²) < 4.78 is 42.5. The first kappa shape index (κ1) is 34.6. The van der Waals surface area contributed by atoms with Gasteiger partial charge in [-0.15, -0.1) is 23.7 Å². The average molecular weight is 681 g/mol. The Morgan fingerprint density at radius 3 is 2.63 bits per heavy atom. The molecule has 1 atom stereocenters. The highest BCUT2D eigenvalue weighted by Crippen LogP contribution is 2.34. The van der Waals surface area contributed by atoms with Crippen molar-refractivity contribution in [1.29, 1.82) is 0 Å². The lowest BCUT2D eigenvalue weighted by atomic mass is 9.93. The van der Waals surface area contributed by atoms with Crippen LogP contribution in [0.3, 0.4) is 0 Å². The Labute approximate surface area is 271 Å². The number of esters is 1. The van der Waals surface area contributed by atoms with E-state index in [0.717, 1.165) is 49.2 Å². The number of halogens is 3. The largest absolute Gasteiger partial charge is 0.480 e. The first-order valence-electron chi connectivity index (χ1n) is 14.1. The standard InChI is InChI=1S/C28H30F2N8O6S.ClH/c1-2-43-17-5-3-16(4-6-17)38-12-20(25(36-38)24-18(29)7-8-22(30)35-24)33-26(40)21-13-45-27(34-21)15-10-32-37(11-15)14-44-23(39)9-19(31)28(41)42;/h7-8,10-13,16-17,19H,2-6,9,14,31H2,1H3,(H,33,40)(H,41,42);1H. The number of hydrogen-bond acceptors (Lipinski definition) is 11. The number of hydrogen-bond donors (Lipinski definition) is 3. The van der Waals surface area contributed by atoms with Gasteiger partial charge in [-0.2, -0.15) is 14.6 Å². The number of nitrogens with zero attached hydrogens (tertiary/aromatic N) is 6. The SMILES string of the molecule is CCOC1CCC(n2cc(NC(=O)c3csc(-c4cnn(COC(=O)CC(N)C(=O)O)c4)n3)c(-c3nc(F)ccc3F)n2)CC1.Cl. The number of carbonyl (C=O) groups is 3. The second-order valence-electron chi connectivity index (χ2n) is 10.3. The van der Waals surface area contributed by atoms with E-state index in [1.54, 1.807) is 10.9 Å². The highest BCUT2D eigenvalue weighted by Gasteiger charge is 2.27. The van der Waals surface area contributed by atoms with Gasteiger partial charge in [0.2, 0.25) is 5.95 Å². The lowest BCUT2D eigenvalue weighted by Crippen LogP contribution is -2.33. The fourth-order valence-electron chi connectivity index (χ4n) is 4.85. The number of ether oxygens (including phenoxy) is 2. The Balaban J connectivity index is 0.00000480. The van der Waals surface area contributed by atoms with E-state index in [-0.39, 0.29) is 54.1 Å². The Kier molecular flexibility index (Phi) is 11.5. The summed E-state index contributed by atoms with van der Waals surface area (Å²) in [5.74, 6) is -4.41. The maximum atomic E-state index is 14.8. The van der Waals surface area contributed by atoms with Crippen LogP contribution in [0.25, 0.3) is 22.0 Å². The van der Waals surface area contributed by atoms with Gasteiger partial charge in [0.05, 0.1) is 30.5 Å². The predicted molar refractivity (Wildman–Crippen MR) is 163 cm³/mol. The quantitative estimate of drug-likeness (QED) is 0.145. The monoisotopic (exact) mass is 680 g/mol. The van der Waals surface area contributed by atoms with Gasteiger partial charge in [0.25, 0.3) is 5.91 Å². The van der Waals surface area contributed by atoms with Crippen molar-refractivity contribution in [3.63, 3.8) is 0 Å². The lowest BCUT2D eigenvalue weighted by molar-refractivity contribution is -0.152. The number of anilines is 1. The lowest BCUT2D eigenvalue weighted by Gasteiger charge is -2.28. The summed E-state index contributed by atoms with van der Waals surface area (Å²) in [6.45, 7) is 2.29. The Hall–Kier alpha value is -4.32. The van der Waals surface area contributed by atoms with Crippen LogP contribution >= 0.6 is 23.7 Å². The Bertz CT molecular complexity index is 1690. The number of nitrogens with one attached hydrogen (secondary N) is 1. The molecule has 246 valence electrons. The molecule has 14 nitrogen and oxygen atoms in total. The molecule has 18 heteroatoms. The van der Waals surface area contributed by atoms with Gasteiger partial charge < -0.3 is 25.6 Å². The molecule has 0 radical (unpaired) electrons. The molecule has 0 aromatic carbocycles. The molecule has 4 aromatic rings. The van der Waals surface area contributed by atoms with Crippen LogP contribution in [0.1, 0.15) is 55.6 Å². The van der Waals surface area contributed by atoms with Gasteiger partial charge in [-0.3, -0.25) is 19.1 Å². The van der Waals surface area contributed by atoms with Crippen LogP contribution < -0.4 is 11.1 Å². The molecule has 0 aliphatic heterocycles. The molecule has 1 aliphatic rings. The first-order chi connectivity index (χ1) is 21.6. The van der Waals surface area contributed by atoms with Gasteiger partial charge in [-0.1, -0.05) is 0 Å². The van der Waals surface area contributed by atoms with E-state index in [2.05, 4.69) is 25.5 Å². The average Bonchev–Trinajstić information content (AvgIpc) is 3.78. The molecule has 1 saturated carbocycles. The topological polar surface area (TPSA) is 189 Å². The minimum absolute atomic E-state index is 0. The molecular formula is C28H31ClF2N8O6S. The molecule has 4 aromatic heterocycles. The molecule has 4 N–H and O–H groups in total. The molecule has 0 saturated heterocycles. The number of carbonyl (C=O) groups excluding carboxylic acids is 2. The third kappa shape index (κ3) is 8.28. The van der Waals surface area contributed by atoms with Crippen LogP contribution in [-0.2, 0) is 25.8 Å². The fraction of sp³-hybridized carbons (Fsp3) is 0.393. The Morgan fingerprint density at radius 1 is 1.15 bits per heavy atom. The zero-order valence-corrected chi connectivity index (χ0v) is 26.1. The van der Waals surface area contributed by atoms with Crippen LogP contribution in [0.4, 0.5) is 14.5 Å². The molecular weight excluding hydrogens is 650 g/mol. The highest BCUT2D eigenvalue weighted by molar-refractivity contribution is 7.13. The number of nitrogens with two attached hydrogens (primary N) is 1. The third-order valence-corrected chi connectivity index (χ3v) is 8.01. The van der Waals surface area contributed by atoms with Crippen LogP contribution in [-0.4, -0.2) is 71.2 Å². The summed E-state index contributed by atoms with van der Waals surface area (Å²) in [4.78, 5) is 43.9. The molecule has 1 aliphatic carbocycles. The molecule has 1 amide bonds. The maximum absolute atomic E-state index is 14.8. The second kappa shape index (κ2) is 15.3. The van der Waals surface area contributed by atoms with Crippen molar-refractivity contribution in [3.05, 3.63) is 53.6 Å². The smallest absolute Gasteiger partial charge is 0.321 e. The summed E-state index contributed by atoms with van der Waals surface area (Å²) in [5, 5.41) is 22.1. The third-order valence-electron chi connectivity index (χ3n) is 7.12. The van der Waals surface area contributed by atoms with Crippen molar-refractivity contribution >= 4 is 47.3 Å². The van der Waals surface area contributed by atoms with Crippen LogP contribution in [0, 0.1) is 11.8 Å². The molecule has 5 rings (SSSR count). The van der Waals surface area contributed by atoms with Crippen LogP contribution in [0.15, 0.2) is 36.1 Å². The van der Waals surface area contributed by atoms with Crippen molar-refractivity contribution in [2.45, 2.75) is 63.9 Å². The molecule has 4 heterocycles. The summed E-state index contributed by atoms with van der Waals surface area (Å²) in [5.41, 5.74) is 5.73. The van der Waals surface area contributed by atoms with Gasteiger partial charge in [-0.05, 0) is 44.7 Å². The summed E-state index contributed by atoms with van der Waals surface area (Å²) >= 11 is 1.16. The minimum Gasteiger partial charge on any atom is -0.480 e. The van der Waals surface area contributed by atoms with E-state index in [9.17, 15) is 23.2 Å². The normalized spacial score (nSPS) is 16.8. The number of pyridine rings is 1. The van der Waals surface area contributed by atoms with Gasteiger partial charge in [0.15, 0.2) is 12.5 Å². The number of carboxylic acid groups (broad SMARTS) is 1. The zero-order chi connectivity index (χ0) is 32.1. The number of thiazole rings is 1. The van der Waals surface area contributed by atoms with E-state index < -0.39 is 42.1 Å². The van der Waals surface area contributed by atoms with Crippen molar-refractivity contribution in [2.75, 3.05) is 11.9 Å². The van der Waals surface area contributed by atoms with Gasteiger partial charge in [-0.25, -0.2) is 19.0 Å². The van der Waals surface area contributed by atoms with Gasteiger partial charge >= 0.3 is 11.9 Å². The summed E-state index contributed by atoms with van der Waals surface area (Å²) in [6.07, 6.45) is 7.41. The highest BCUT2D eigenvalue weighted by atomic mass is 35.5. The number of rotatable bonds is 12. The van der Waals surface area contributed by atoms with E-state index in [0.29, 0.717) is 17.2 Å². The number of amides is 1. The number of aliphatic carboxylic acids is 1. The zero-order valence-electron chi connectivity index (χ0n) is 24.5. The number of carboxylic acids is 1. The van der Waals surface area contributed by atoms with Gasteiger partial charge in [0, 0.05) is 29.9 Å². The Morgan fingerprint density at radius 2 is 1.91 bits per heavy atom. The maximum Gasteiger partial charge on any atom is 0.321 e. The first-order valence-corrected chi connectivity index (χ1v) is 15.0. The molecule has 1 fully saturated rings. The second-order valence-corrected chi connectivity index (χ2v) is 11.1. The van der Waals surface area contributed by atoms with E-state index in [4.69, 9.17) is 20.3 Å². The van der Waals surface area contributed by atoms with E-state index >= 15 is 0 Å². The predicted octanol–water partition coefficient (Wildman–Crippen LogP) is 4.04. The van der Waals surface area contributed by atoms with E-state index in [1.165, 1.54) is 22.5 Å². The minimum atomic E-state index is -1.37. The van der Waals surface area contributed by atoms with Crippen LogP contribution in [0.2, 0.25) is 0 Å². The summed E-state index contributed by atoms with van der Waals surface area (Å²) in [7, 11) is 0. The van der Waals surface area contributed by atoms with Crippen molar-refractivity contribution in [3.8, 4) is 22.0 Å². The van der Waals surface area contributed by atoms with Gasteiger partial charge in [0.1, 0.15) is 28.1 Å². The molecule has 0 bridgehead atoms. The van der Waals surface area contributed by atoms with Crippen molar-refractivity contribution in [2.24, 2.45) is 5.73 Å². The summed E-state index contributed by atoms with van der Waals surface area (Å²) in [6, 6.07) is 0.453. The molecule has 0 spiro atoms. The van der Waals surface area contributed by atoms with Crippen LogP contribution in [0.5, 0.6) is 0 Å². The number of aromatic nitrogens is 6. The van der Waals surface area contributed by atoms with E-state index in [1.807, 2.05) is 6.92 Å². The molecule has 1 unspecified atom stereocenters. The fourth-order valence-corrected chi connectivity index (χ4v) is 5.62. The van der Waals surface area contributed by atoms with Crippen molar-refractivity contribution < 1.29 is 37.7 Å². The van der Waals surface area contributed by atoms with Crippen molar-refractivity contribution in [1.82, 2.24) is 29.5 Å². The molecule has 46 heavy (non-hydrogen) atoms.